The van der Waals surface area contributed by atoms with Crippen LogP contribution in [0.1, 0.15) is 36.3 Å². The van der Waals surface area contributed by atoms with Gasteiger partial charge in [0.25, 0.3) is 11.6 Å². The van der Waals surface area contributed by atoms with E-state index in [0.717, 1.165) is 5.69 Å². The van der Waals surface area contributed by atoms with E-state index < -0.39 is 10.8 Å². The molecule has 1 aromatic carbocycles. The van der Waals surface area contributed by atoms with Crippen LogP contribution < -0.4 is 10.9 Å². The number of aryl methyl sites for hydroxylation is 1. The second-order valence-electron chi connectivity index (χ2n) is 5.90. The van der Waals surface area contributed by atoms with Crippen LogP contribution in [0.2, 0.25) is 0 Å². The van der Waals surface area contributed by atoms with E-state index in [9.17, 15) is 19.7 Å². The molecule has 0 fully saturated rings. The predicted molar refractivity (Wildman–Crippen MR) is 99.1 cm³/mol. The van der Waals surface area contributed by atoms with Crippen molar-refractivity contribution in [3.8, 4) is 0 Å². The van der Waals surface area contributed by atoms with E-state index in [-0.39, 0.29) is 29.5 Å². The molecule has 0 saturated carbocycles. The smallest absolute Gasteiger partial charge is 0.273 e. The number of hydrazine groups is 1. The maximum Gasteiger partial charge on any atom is 0.284 e. The van der Waals surface area contributed by atoms with Crippen molar-refractivity contribution in [3.63, 3.8) is 0 Å². The van der Waals surface area contributed by atoms with Crippen LogP contribution in [0.15, 0.2) is 32.8 Å². The molecule has 2 aromatic rings. The Morgan fingerprint density at radius 2 is 2.08 bits per heavy atom. The van der Waals surface area contributed by atoms with Crippen LogP contribution >= 0.6 is 23.1 Å². The van der Waals surface area contributed by atoms with Gasteiger partial charge in [-0.15, -0.1) is 11.3 Å². The van der Waals surface area contributed by atoms with Crippen molar-refractivity contribution in [2.24, 2.45) is 5.92 Å². The molecular formula is C16H18N4O4S2. The molecule has 0 spiro atoms. The minimum atomic E-state index is -0.619. The number of amides is 2. The third-order valence-electron chi connectivity index (χ3n) is 3.12. The summed E-state index contributed by atoms with van der Waals surface area (Å²) in [7, 11) is 0. The quantitative estimate of drug-likeness (QED) is 0.574. The number of carbonyl (C=O) groups is 2. The minimum Gasteiger partial charge on any atom is -0.273 e. The summed E-state index contributed by atoms with van der Waals surface area (Å²) in [5.74, 6) is -0.792. The van der Waals surface area contributed by atoms with Crippen LogP contribution in [0.3, 0.4) is 0 Å². The fourth-order valence-corrected chi connectivity index (χ4v) is 3.86. The molecule has 26 heavy (non-hydrogen) atoms. The van der Waals surface area contributed by atoms with Gasteiger partial charge in [0.1, 0.15) is 0 Å². The lowest BCUT2D eigenvalue weighted by Gasteiger charge is -2.09. The van der Waals surface area contributed by atoms with Gasteiger partial charge in [0.05, 0.1) is 9.82 Å². The molecule has 0 aliphatic heterocycles. The second-order valence-corrected chi connectivity index (χ2v) is 8.04. The first-order valence-electron chi connectivity index (χ1n) is 7.74. The van der Waals surface area contributed by atoms with Gasteiger partial charge in [-0.2, -0.15) is 0 Å². The van der Waals surface area contributed by atoms with Crippen molar-refractivity contribution in [3.05, 3.63) is 45.0 Å². The first kappa shape index (κ1) is 19.9. The molecule has 0 aliphatic carbocycles. The van der Waals surface area contributed by atoms with Crippen LogP contribution in [0, 0.1) is 23.0 Å². The number of nitrogens with one attached hydrogen (secondary N) is 2. The Kier molecular flexibility index (Phi) is 6.70. The number of nitro groups is 1. The molecule has 2 rings (SSSR count). The molecule has 0 atom stereocenters. The summed E-state index contributed by atoms with van der Waals surface area (Å²) in [6.07, 6.45) is 0.267. The molecule has 138 valence electrons. The third kappa shape index (κ3) is 5.53. The lowest BCUT2D eigenvalue weighted by molar-refractivity contribution is -0.387. The lowest BCUT2D eigenvalue weighted by Crippen LogP contribution is -2.42. The van der Waals surface area contributed by atoms with Gasteiger partial charge in [-0.05, 0) is 25.0 Å². The largest absolute Gasteiger partial charge is 0.284 e. The first-order chi connectivity index (χ1) is 12.3. The van der Waals surface area contributed by atoms with Crippen molar-refractivity contribution in [2.75, 3.05) is 0 Å². The summed E-state index contributed by atoms with van der Waals surface area (Å²) in [6.45, 7) is 5.60. The number of rotatable bonds is 6. The Morgan fingerprint density at radius 1 is 1.35 bits per heavy atom. The summed E-state index contributed by atoms with van der Waals surface area (Å²) >= 11 is 2.57. The summed E-state index contributed by atoms with van der Waals surface area (Å²) in [4.78, 5) is 39.2. The minimum absolute atomic E-state index is 0.0845. The zero-order valence-electron chi connectivity index (χ0n) is 14.4. The molecule has 0 aliphatic rings. The highest BCUT2D eigenvalue weighted by atomic mass is 32.2. The first-order valence-corrected chi connectivity index (χ1v) is 9.43. The van der Waals surface area contributed by atoms with Crippen molar-refractivity contribution in [2.45, 2.75) is 36.4 Å². The summed E-state index contributed by atoms with van der Waals surface area (Å²) < 4.78 is 0.684. The van der Waals surface area contributed by atoms with Crippen LogP contribution in [-0.4, -0.2) is 21.7 Å². The maximum atomic E-state index is 12.1. The molecule has 0 radical (unpaired) electrons. The van der Waals surface area contributed by atoms with Crippen molar-refractivity contribution < 1.29 is 14.5 Å². The Bertz CT molecular complexity index is 835. The fourth-order valence-electron chi connectivity index (χ4n) is 1.98. The molecule has 1 aromatic heterocycles. The number of aromatic nitrogens is 1. The molecule has 1 heterocycles. The Balaban J connectivity index is 2.12. The Hall–Kier alpha value is -2.46. The van der Waals surface area contributed by atoms with E-state index in [4.69, 9.17) is 0 Å². The SMILES string of the molecule is Cc1csc(Sc2ccc(C(=O)NNC(=O)CC(C)C)cc2[N+](=O)[O-])n1. The predicted octanol–water partition coefficient (Wildman–Crippen LogP) is 3.32. The monoisotopic (exact) mass is 394 g/mol. The highest BCUT2D eigenvalue weighted by molar-refractivity contribution is 8.01. The van der Waals surface area contributed by atoms with Crippen LogP contribution in [-0.2, 0) is 4.79 Å². The Morgan fingerprint density at radius 3 is 2.65 bits per heavy atom. The topological polar surface area (TPSA) is 114 Å². The number of nitrogens with zero attached hydrogens (tertiary/aromatic N) is 2. The van der Waals surface area contributed by atoms with E-state index in [2.05, 4.69) is 15.8 Å². The van der Waals surface area contributed by atoms with Crippen molar-refractivity contribution in [1.82, 2.24) is 15.8 Å². The zero-order chi connectivity index (χ0) is 19.3. The van der Waals surface area contributed by atoms with Crippen LogP contribution in [0.25, 0.3) is 0 Å². The lowest BCUT2D eigenvalue weighted by atomic mass is 10.1. The molecule has 8 nitrogen and oxygen atoms in total. The van der Waals surface area contributed by atoms with Crippen LogP contribution in [0.4, 0.5) is 5.69 Å². The van der Waals surface area contributed by atoms with Crippen molar-refractivity contribution >= 4 is 40.6 Å². The Labute approximate surface area is 158 Å². The number of hydrogen-bond donors (Lipinski definition) is 2. The fraction of sp³-hybridized carbons (Fsp3) is 0.312. The molecule has 2 amide bonds. The zero-order valence-corrected chi connectivity index (χ0v) is 16.1. The van der Waals surface area contributed by atoms with Gasteiger partial charge in [-0.25, -0.2) is 4.98 Å². The van der Waals surface area contributed by atoms with Gasteiger partial charge in [0.15, 0.2) is 4.34 Å². The van der Waals surface area contributed by atoms with Gasteiger partial charge in [-0.1, -0.05) is 25.6 Å². The number of thiazole rings is 1. The van der Waals surface area contributed by atoms with E-state index in [1.165, 1.54) is 41.3 Å². The average molecular weight is 394 g/mol. The van der Waals surface area contributed by atoms with Gasteiger partial charge >= 0.3 is 0 Å². The third-order valence-corrected chi connectivity index (χ3v) is 5.24. The molecule has 0 bridgehead atoms. The second kappa shape index (κ2) is 8.77. The summed E-state index contributed by atoms with van der Waals surface area (Å²) in [5, 5.41) is 13.2. The van der Waals surface area contributed by atoms with Crippen LogP contribution in [0.5, 0.6) is 0 Å². The summed E-state index contributed by atoms with van der Waals surface area (Å²) in [6, 6.07) is 4.16. The van der Waals surface area contributed by atoms with Gasteiger partial charge < -0.3 is 0 Å². The van der Waals surface area contributed by atoms with Crippen molar-refractivity contribution in [1.29, 1.82) is 0 Å². The average Bonchev–Trinajstić information content (AvgIpc) is 2.97. The highest BCUT2D eigenvalue weighted by Gasteiger charge is 2.20. The molecule has 2 N–H and O–H groups in total. The molecule has 10 heteroatoms. The van der Waals surface area contributed by atoms with E-state index in [1.54, 1.807) is 0 Å². The summed E-state index contributed by atoms with van der Waals surface area (Å²) in [5.41, 5.74) is 5.30. The number of nitro benzene ring substituents is 1. The van der Waals surface area contributed by atoms with Gasteiger partial charge in [0.2, 0.25) is 5.91 Å². The normalized spacial score (nSPS) is 10.6. The van der Waals surface area contributed by atoms with Gasteiger partial charge in [0, 0.05) is 29.1 Å². The highest BCUT2D eigenvalue weighted by Crippen LogP contribution is 2.36. The van der Waals surface area contributed by atoms with Gasteiger partial charge in [-0.3, -0.25) is 30.6 Å². The van der Waals surface area contributed by atoms with E-state index in [0.29, 0.717) is 9.24 Å². The number of carbonyl (C=O) groups excluding carboxylic acids is 2. The standard InChI is InChI=1S/C16H18N4O4S2/c1-9(2)6-14(21)18-19-15(22)11-4-5-13(12(7-11)20(23)24)26-16-17-10(3)8-25-16/h4-5,7-9H,6H2,1-3H3,(H,18,21)(H,19,22). The molecule has 0 unspecified atom stereocenters. The van der Waals surface area contributed by atoms with E-state index >= 15 is 0 Å². The maximum absolute atomic E-state index is 12.1. The number of hydrogen-bond acceptors (Lipinski definition) is 7. The molecule has 0 saturated heterocycles. The number of benzene rings is 1. The van der Waals surface area contributed by atoms with E-state index in [1.807, 2.05) is 26.2 Å². The molecular weight excluding hydrogens is 376 g/mol.